The van der Waals surface area contributed by atoms with Gasteiger partial charge in [0.2, 0.25) is 5.91 Å². The van der Waals surface area contributed by atoms with E-state index >= 15 is 0 Å². The highest BCUT2D eigenvalue weighted by Gasteiger charge is 2.08. The summed E-state index contributed by atoms with van der Waals surface area (Å²) < 4.78 is 5.62. The lowest BCUT2D eigenvalue weighted by Gasteiger charge is -2.02. The van der Waals surface area contributed by atoms with E-state index in [1.165, 1.54) is 41.2 Å². The molecule has 3 rings (SSSR count). The Labute approximate surface area is 172 Å². The second-order valence-electron chi connectivity index (χ2n) is 6.28. The van der Waals surface area contributed by atoms with Gasteiger partial charge < -0.3 is 4.42 Å². The van der Waals surface area contributed by atoms with Crippen molar-refractivity contribution in [2.75, 3.05) is 5.75 Å². The summed E-state index contributed by atoms with van der Waals surface area (Å²) in [6.07, 6.45) is 1.41. The minimum atomic E-state index is -0.453. The fraction of sp³-hybridized carbons (Fsp3) is 0.143. The topological polar surface area (TPSA) is 97.7 Å². The summed E-state index contributed by atoms with van der Waals surface area (Å²) in [6.45, 7) is 2.04. The lowest BCUT2D eigenvalue weighted by Crippen LogP contribution is -2.19. The first-order chi connectivity index (χ1) is 14.0. The van der Waals surface area contributed by atoms with E-state index in [9.17, 15) is 14.9 Å². The third-order valence-corrected chi connectivity index (χ3v) is 5.00. The molecule has 1 amide bonds. The minimum absolute atomic E-state index is 0.0186. The molecule has 0 radical (unpaired) electrons. The normalized spacial score (nSPS) is 10.9. The molecule has 0 unspecified atom stereocenters. The van der Waals surface area contributed by atoms with E-state index in [0.717, 1.165) is 5.75 Å². The van der Waals surface area contributed by atoms with Gasteiger partial charge in [0.15, 0.2) is 0 Å². The molecule has 3 aromatic rings. The van der Waals surface area contributed by atoms with Crippen molar-refractivity contribution in [3.63, 3.8) is 0 Å². The van der Waals surface area contributed by atoms with Gasteiger partial charge in [-0.1, -0.05) is 29.8 Å². The highest BCUT2D eigenvalue weighted by molar-refractivity contribution is 7.99. The average molecular weight is 409 g/mol. The molecule has 1 N–H and O–H groups in total. The van der Waals surface area contributed by atoms with Crippen LogP contribution in [0.15, 0.2) is 70.2 Å². The highest BCUT2D eigenvalue weighted by Crippen LogP contribution is 2.24. The fourth-order valence-electron chi connectivity index (χ4n) is 2.47. The number of rotatable bonds is 8. The van der Waals surface area contributed by atoms with Crippen LogP contribution in [0.4, 0.5) is 5.69 Å². The van der Waals surface area contributed by atoms with Gasteiger partial charge in [-0.15, -0.1) is 11.8 Å². The molecule has 148 valence electrons. The van der Waals surface area contributed by atoms with Gasteiger partial charge in [-0.25, -0.2) is 5.43 Å². The van der Waals surface area contributed by atoms with Gasteiger partial charge in [0.25, 0.3) is 5.69 Å². The summed E-state index contributed by atoms with van der Waals surface area (Å²) >= 11 is 1.51. The third kappa shape index (κ3) is 6.05. The van der Waals surface area contributed by atoms with Crippen LogP contribution in [-0.2, 0) is 10.5 Å². The number of hydrazone groups is 1. The zero-order valence-corrected chi connectivity index (χ0v) is 16.5. The molecule has 0 aliphatic heterocycles. The molecule has 1 aromatic heterocycles. The number of nitrogens with zero attached hydrogens (tertiary/aromatic N) is 2. The van der Waals surface area contributed by atoms with Crippen molar-refractivity contribution in [1.82, 2.24) is 5.43 Å². The Hall–Kier alpha value is -3.39. The van der Waals surface area contributed by atoms with Gasteiger partial charge in [0.05, 0.1) is 16.9 Å². The number of nitrogens with one attached hydrogen (secondary N) is 1. The van der Waals surface area contributed by atoms with Crippen molar-refractivity contribution in [3.8, 4) is 11.3 Å². The molecule has 0 aliphatic carbocycles. The van der Waals surface area contributed by atoms with Gasteiger partial charge in [-0.3, -0.25) is 14.9 Å². The second kappa shape index (κ2) is 9.70. The van der Waals surface area contributed by atoms with Crippen LogP contribution in [0.1, 0.15) is 16.9 Å². The zero-order chi connectivity index (χ0) is 20.6. The Balaban J connectivity index is 1.46. The van der Waals surface area contributed by atoms with E-state index in [4.69, 9.17) is 4.42 Å². The summed E-state index contributed by atoms with van der Waals surface area (Å²) in [5, 5.41) is 14.6. The number of aryl methyl sites for hydroxylation is 1. The first kappa shape index (κ1) is 20.3. The second-order valence-corrected chi connectivity index (χ2v) is 7.26. The number of benzene rings is 2. The van der Waals surface area contributed by atoms with E-state index in [0.29, 0.717) is 22.8 Å². The van der Waals surface area contributed by atoms with Crippen molar-refractivity contribution in [2.24, 2.45) is 5.10 Å². The summed E-state index contributed by atoms with van der Waals surface area (Å²) in [6, 6.07) is 17.7. The predicted molar refractivity (Wildman–Crippen MR) is 114 cm³/mol. The summed E-state index contributed by atoms with van der Waals surface area (Å²) in [4.78, 5) is 22.1. The number of furan rings is 1. The number of nitro benzene ring substituents is 1. The summed E-state index contributed by atoms with van der Waals surface area (Å²) in [5.41, 5.74) is 5.58. The van der Waals surface area contributed by atoms with Crippen LogP contribution >= 0.6 is 11.8 Å². The number of nitro groups is 1. The molecule has 0 fully saturated rings. The Morgan fingerprint density at radius 1 is 1.14 bits per heavy atom. The van der Waals surface area contributed by atoms with Crippen molar-refractivity contribution in [1.29, 1.82) is 0 Å². The molecule has 0 saturated carbocycles. The monoisotopic (exact) mass is 409 g/mol. The van der Waals surface area contributed by atoms with Crippen LogP contribution in [0.2, 0.25) is 0 Å². The fourth-order valence-corrected chi connectivity index (χ4v) is 3.25. The first-order valence-electron chi connectivity index (χ1n) is 8.81. The molecule has 8 heteroatoms. The predicted octanol–water partition coefficient (Wildman–Crippen LogP) is 4.55. The molecule has 0 bridgehead atoms. The molecule has 0 spiro atoms. The number of hydrogen-bond donors (Lipinski definition) is 1. The van der Waals surface area contributed by atoms with Crippen LogP contribution in [0.25, 0.3) is 11.3 Å². The maximum Gasteiger partial charge on any atom is 0.269 e. The van der Waals surface area contributed by atoms with E-state index in [1.54, 1.807) is 24.3 Å². The molecule has 0 aliphatic rings. The van der Waals surface area contributed by atoms with Crippen LogP contribution in [-0.4, -0.2) is 22.8 Å². The molecule has 7 nitrogen and oxygen atoms in total. The lowest BCUT2D eigenvalue weighted by atomic mass is 10.1. The van der Waals surface area contributed by atoms with Crippen molar-refractivity contribution in [3.05, 3.63) is 87.7 Å². The van der Waals surface area contributed by atoms with Crippen molar-refractivity contribution in [2.45, 2.75) is 12.7 Å². The molecule has 0 saturated heterocycles. The summed E-state index contributed by atoms with van der Waals surface area (Å²) in [5.74, 6) is 1.89. The SMILES string of the molecule is Cc1ccc(CSCC(=O)N/N=C/c2ccc(-c3ccc([N+](=O)[O-])cc3)o2)cc1. The van der Waals surface area contributed by atoms with E-state index in [-0.39, 0.29) is 11.6 Å². The standard InChI is InChI=1S/C21H19N3O4S/c1-15-2-4-16(5-3-15)13-29-14-21(25)23-22-12-19-10-11-20(28-19)17-6-8-18(9-7-17)24(26)27/h2-12H,13-14H2,1H3,(H,23,25)/b22-12+. The minimum Gasteiger partial charge on any atom is -0.455 e. The van der Waals surface area contributed by atoms with Gasteiger partial charge >= 0.3 is 0 Å². The number of hydrogen-bond acceptors (Lipinski definition) is 6. The van der Waals surface area contributed by atoms with Gasteiger partial charge in [-0.05, 0) is 36.8 Å². The van der Waals surface area contributed by atoms with Gasteiger partial charge in [0, 0.05) is 23.4 Å². The number of amides is 1. The lowest BCUT2D eigenvalue weighted by molar-refractivity contribution is -0.384. The van der Waals surface area contributed by atoms with Gasteiger partial charge in [0.1, 0.15) is 11.5 Å². The smallest absolute Gasteiger partial charge is 0.269 e. The zero-order valence-electron chi connectivity index (χ0n) is 15.7. The maximum atomic E-state index is 11.9. The van der Waals surface area contributed by atoms with E-state index in [2.05, 4.69) is 34.8 Å². The first-order valence-corrected chi connectivity index (χ1v) is 9.96. The third-order valence-electron chi connectivity index (χ3n) is 3.99. The molecule has 1 heterocycles. The number of thioether (sulfide) groups is 1. The summed E-state index contributed by atoms with van der Waals surface area (Å²) in [7, 11) is 0. The average Bonchev–Trinajstić information content (AvgIpc) is 3.18. The molecular formula is C21H19N3O4S. The van der Waals surface area contributed by atoms with Crippen LogP contribution in [0.5, 0.6) is 0 Å². The molecule has 29 heavy (non-hydrogen) atoms. The molecular weight excluding hydrogens is 390 g/mol. The largest absolute Gasteiger partial charge is 0.455 e. The number of carbonyl (C=O) groups excluding carboxylic acids is 1. The number of non-ortho nitro benzene ring substituents is 1. The van der Waals surface area contributed by atoms with E-state index in [1.807, 2.05) is 6.92 Å². The van der Waals surface area contributed by atoms with Crippen molar-refractivity contribution >= 4 is 29.6 Å². The maximum absolute atomic E-state index is 11.9. The highest BCUT2D eigenvalue weighted by atomic mass is 32.2. The van der Waals surface area contributed by atoms with Gasteiger partial charge in [-0.2, -0.15) is 5.10 Å². The Morgan fingerprint density at radius 3 is 2.55 bits per heavy atom. The van der Waals surface area contributed by atoms with Crippen LogP contribution < -0.4 is 5.43 Å². The molecule has 2 aromatic carbocycles. The van der Waals surface area contributed by atoms with E-state index < -0.39 is 4.92 Å². The van der Waals surface area contributed by atoms with Crippen LogP contribution in [0, 0.1) is 17.0 Å². The Bertz CT molecular complexity index is 1010. The van der Waals surface area contributed by atoms with Crippen molar-refractivity contribution < 1.29 is 14.1 Å². The van der Waals surface area contributed by atoms with Crippen LogP contribution in [0.3, 0.4) is 0 Å². The Morgan fingerprint density at radius 2 is 1.86 bits per heavy atom. The quantitative estimate of drug-likeness (QED) is 0.334. The molecule has 0 atom stereocenters. The Kier molecular flexibility index (Phi) is 6.80. The number of carbonyl (C=O) groups is 1.